The first-order valence-corrected chi connectivity index (χ1v) is 10.5. The van der Waals surface area contributed by atoms with E-state index in [0.717, 1.165) is 44.4 Å². The molecule has 0 amide bonds. The Hall–Kier alpha value is -1.94. The first-order chi connectivity index (χ1) is 14.2. The van der Waals surface area contributed by atoms with Crippen LogP contribution in [-0.4, -0.2) is 58.3 Å². The lowest BCUT2D eigenvalue weighted by atomic mass is 10.1. The van der Waals surface area contributed by atoms with Crippen LogP contribution in [0.5, 0.6) is 0 Å². The highest BCUT2D eigenvalue weighted by Gasteiger charge is 2.17. The smallest absolute Gasteiger partial charge is 0.191 e. The van der Waals surface area contributed by atoms with Gasteiger partial charge in [-0.2, -0.15) is 0 Å². The lowest BCUT2D eigenvalue weighted by Crippen LogP contribution is -2.40. The first kappa shape index (κ1) is 26.1. The summed E-state index contributed by atoms with van der Waals surface area (Å²) < 4.78 is 2.07. The number of likely N-dealkylation sites (N-methyl/N-ethyl adjacent to an activating group) is 1. The lowest BCUT2D eigenvalue weighted by molar-refractivity contribution is 0.224. The second kappa shape index (κ2) is 15.0. The van der Waals surface area contributed by atoms with Gasteiger partial charge in [-0.25, -0.2) is 0 Å². The number of guanidine groups is 1. The number of rotatable bonds is 12. The van der Waals surface area contributed by atoms with Gasteiger partial charge in [0.05, 0.1) is 12.6 Å². The Morgan fingerprint density at radius 2 is 1.93 bits per heavy atom. The molecule has 1 heterocycles. The Kier molecular flexibility index (Phi) is 13.0. The Morgan fingerprint density at radius 3 is 2.57 bits per heavy atom. The van der Waals surface area contributed by atoms with Crippen molar-refractivity contribution in [1.82, 2.24) is 30.3 Å². The van der Waals surface area contributed by atoms with Crippen LogP contribution >= 0.6 is 24.0 Å². The minimum Gasteiger partial charge on any atom is -0.355 e. The molecule has 7 nitrogen and oxygen atoms in total. The maximum atomic E-state index is 4.88. The van der Waals surface area contributed by atoms with E-state index in [9.17, 15) is 0 Å². The average Bonchev–Trinajstić information content (AvgIpc) is 3.22. The molecule has 1 atom stereocenters. The highest BCUT2D eigenvalue weighted by molar-refractivity contribution is 14.0. The normalized spacial score (nSPS) is 12.3. The summed E-state index contributed by atoms with van der Waals surface area (Å²) >= 11 is 0. The van der Waals surface area contributed by atoms with Gasteiger partial charge in [0.1, 0.15) is 12.2 Å². The molecule has 0 saturated heterocycles. The molecule has 1 unspecified atom stereocenters. The third kappa shape index (κ3) is 8.06. The van der Waals surface area contributed by atoms with Gasteiger partial charge in [-0.1, -0.05) is 57.2 Å². The van der Waals surface area contributed by atoms with E-state index >= 15 is 0 Å². The van der Waals surface area contributed by atoms with E-state index in [2.05, 4.69) is 88.0 Å². The Labute approximate surface area is 198 Å². The van der Waals surface area contributed by atoms with E-state index < -0.39 is 0 Å². The Balaban J connectivity index is 0.00000450. The fourth-order valence-electron chi connectivity index (χ4n) is 3.33. The van der Waals surface area contributed by atoms with Crippen molar-refractivity contribution < 1.29 is 0 Å². The molecular weight excluding hydrogens is 489 g/mol. The molecule has 0 aliphatic heterocycles. The molecule has 166 valence electrons. The zero-order valence-corrected chi connectivity index (χ0v) is 20.8. The van der Waals surface area contributed by atoms with Crippen LogP contribution in [0.1, 0.15) is 38.2 Å². The summed E-state index contributed by atoms with van der Waals surface area (Å²) in [6.45, 7) is 15.1. The largest absolute Gasteiger partial charge is 0.355 e. The van der Waals surface area contributed by atoms with Gasteiger partial charge in [0, 0.05) is 26.1 Å². The maximum absolute atomic E-state index is 4.88. The third-order valence-electron chi connectivity index (χ3n) is 4.93. The molecule has 0 spiro atoms. The van der Waals surface area contributed by atoms with Gasteiger partial charge < -0.3 is 15.2 Å². The number of halogens is 1. The van der Waals surface area contributed by atoms with Gasteiger partial charge in [-0.15, -0.1) is 40.8 Å². The lowest BCUT2D eigenvalue weighted by Gasteiger charge is -2.29. The van der Waals surface area contributed by atoms with E-state index in [0.29, 0.717) is 13.1 Å². The average molecular weight is 525 g/mol. The van der Waals surface area contributed by atoms with Crippen molar-refractivity contribution in [3.8, 4) is 0 Å². The predicted molar refractivity (Wildman–Crippen MR) is 135 cm³/mol. The number of hydrogen-bond donors (Lipinski definition) is 2. The molecular formula is C22H36IN7. The highest BCUT2D eigenvalue weighted by Crippen LogP contribution is 2.20. The number of nitrogens with one attached hydrogen (secondary N) is 2. The van der Waals surface area contributed by atoms with Crippen molar-refractivity contribution >= 4 is 29.9 Å². The molecule has 2 rings (SSSR count). The van der Waals surface area contributed by atoms with Crippen LogP contribution in [0, 0.1) is 0 Å². The van der Waals surface area contributed by atoms with Gasteiger partial charge in [0.2, 0.25) is 0 Å². The number of benzene rings is 1. The van der Waals surface area contributed by atoms with Crippen molar-refractivity contribution in [3.63, 3.8) is 0 Å². The zero-order valence-electron chi connectivity index (χ0n) is 18.4. The number of nitrogens with zero attached hydrogens (tertiary/aromatic N) is 5. The van der Waals surface area contributed by atoms with E-state index in [1.54, 1.807) is 6.33 Å². The van der Waals surface area contributed by atoms with Gasteiger partial charge in [-0.3, -0.25) is 9.89 Å². The van der Waals surface area contributed by atoms with Gasteiger partial charge in [0.15, 0.2) is 5.96 Å². The standard InChI is InChI=1S/C22H35N7.HI/c1-5-14-23-22(24-15-16-29-18-26-27-21(29)6-2)25-17-20(28(7-3)8-4)19-12-10-9-11-13-19;/h5,9-13,18,20H,1,6-8,14-17H2,2-4H3,(H2,23,24,25);1H. The van der Waals surface area contributed by atoms with E-state index in [1.807, 2.05) is 6.08 Å². The Bertz CT molecular complexity index is 741. The highest BCUT2D eigenvalue weighted by atomic mass is 127. The van der Waals surface area contributed by atoms with Crippen molar-refractivity contribution in [1.29, 1.82) is 0 Å². The van der Waals surface area contributed by atoms with Crippen LogP contribution in [0.2, 0.25) is 0 Å². The summed E-state index contributed by atoms with van der Waals surface area (Å²) in [6, 6.07) is 10.9. The summed E-state index contributed by atoms with van der Waals surface area (Å²) in [6.07, 6.45) is 4.49. The molecule has 0 bridgehead atoms. The third-order valence-corrected chi connectivity index (χ3v) is 4.93. The summed E-state index contributed by atoms with van der Waals surface area (Å²) in [5.74, 6) is 1.79. The van der Waals surface area contributed by atoms with Gasteiger partial charge >= 0.3 is 0 Å². The molecule has 1 aromatic carbocycles. The molecule has 30 heavy (non-hydrogen) atoms. The molecule has 0 aliphatic rings. The molecule has 0 saturated carbocycles. The zero-order chi connectivity index (χ0) is 20.9. The van der Waals surface area contributed by atoms with Crippen molar-refractivity contribution in [2.75, 3.05) is 32.7 Å². The van der Waals surface area contributed by atoms with Crippen LogP contribution in [0.4, 0.5) is 0 Å². The summed E-state index contributed by atoms with van der Waals surface area (Å²) in [4.78, 5) is 7.32. The van der Waals surface area contributed by atoms with Crippen LogP contribution in [0.15, 0.2) is 54.3 Å². The second-order valence-corrected chi connectivity index (χ2v) is 6.73. The van der Waals surface area contributed by atoms with E-state index in [4.69, 9.17) is 4.99 Å². The van der Waals surface area contributed by atoms with Crippen LogP contribution in [-0.2, 0) is 13.0 Å². The number of aromatic nitrogens is 3. The van der Waals surface area contributed by atoms with Crippen molar-refractivity contribution in [3.05, 3.63) is 60.7 Å². The number of hydrogen-bond acceptors (Lipinski definition) is 4. The van der Waals surface area contributed by atoms with E-state index in [-0.39, 0.29) is 30.0 Å². The topological polar surface area (TPSA) is 70.4 Å². The van der Waals surface area contributed by atoms with E-state index in [1.165, 1.54) is 5.56 Å². The summed E-state index contributed by atoms with van der Waals surface area (Å²) in [5, 5.41) is 14.9. The molecule has 2 aromatic rings. The maximum Gasteiger partial charge on any atom is 0.191 e. The molecule has 8 heteroatoms. The first-order valence-electron chi connectivity index (χ1n) is 10.5. The van der Waals surface area contributed by atoms with Crippen molar-refractivity contribution in [2.24, 2.45) is 4.99 Å². The monoisotopic (exact) mass is 525 g/mol. The molecule has 2 N–H and O–H groups in total. The minimum absolute atomic E-state index is 0. The van der Waals surface area contributed by atoms with Crippen LogP contribution < -0.4 is 10.6 Å². The molecule has 1 aromatic heterocycles. The number of aliphatic imine (C=N–C) groups is 1. The minimum atomic E-state index is 0. The predicted octanol–water partition coefficient (Wildman–Crippen LogP) is 3.26. The summed E-state index contributed by atoms with van der Waals surface area (Å²) in [7, 11) is 0. The molecule has 0 aliphatic carbocycles. The van der Waals surface area contributed by atoms with Crippen molar-refractivity contribution in [2.45, 2.75) is 39.8 Å². The molecule has 0 radical (unpaired) electrons. The summed E-state index contributed by atoms with van der Waals surface area (Å²) in [5.41, 5.74) is 1.29. The second-order valence-electron chi connectivity index (χ2n) is 6.73. The van der Waals surface area contributed by atoms with Gasteiger partial charge in [-0.05, 0) is 18.7 Å². The van der Waals surface area contributed by atoms with Crippen LogP contribution in [0.3, 0.4) is 0 Å². The number of aryl methyl sites for hydroxylation is 1. The molecule has 0 fully saturated rings. The Morgan fingerprint density at radius 1 is 1.20 bits per heavy atom. The fourth-order valence-corrected chi connectivity index (χ4v) is 3.33. The quantitative estimate of drug-likeness (QED) is 0.193. The van der Waals surface area contributed by atoms with Gasteiger partial charge in [0.25, 0.3) is 0 Å². The van der Waals surface area contributed by atoms with Crippen LogP contribution in [0.25, 0.3) is 0 Å². The fraction of sp³-hybridized carbons (Fsp3) is 0.500. The SMILES string of the molecule is C=CCNC(=NCC(c1ccccc1)N(CC)CC)NCCn1cnnc1CC.I.